The Hall–Kier alpha value is -4.92. The third-order valence-corrected chi connectivity index (χ3v) is 8.98. The first-order chi connectivity index (χ1) is 19.8. The van der Waals surface area contributed by atoms with Crippen molar-refractivity contribution in [2.75, 3.05) is 4.90 Å². The summed E-state index contributed by atoms with van der Waals surface area (Å²) >= 11 is 1.87. The van der Waals surface area contributed by atoms with Crippen LogP contribution in [-0.4, -0.2) is 0 Å². The molecule has 0 bridgehead atoms. The van der Waals surface area contributed by atoms with Crippen LogP contribution in [0.3, 0.4) is 0 Å². The van der Waals surface area contributed by atoms with Gasteiger partial charge in [-0.05, 0) is 46.7 Å². The van der Waals surface area contributed by atoms with Gasteiger partial charge in [-0.3, -0.25) is 0 Å². The lowest BCUT2D eigenvalue weighted by Crippen LogP contribution is -2.12. The first-order valence-corrected chi connectivity index (χ1v) is 14.4. The van der Waals surface area contributed by atoms with E-state index in [4.69, 9.17) is 0 Å². The number of rotatable bonds is 4. The van der Waals surface area contributed by atoms with Crippen LogP contribution in [0.25, 0.3) is 52.8 Å². The Morgan fingerprint density at radius 1 is 0.375 bits per heavy atom. The summed E-state index contributed by atoms with van der Waals surface area (Å²) in [4.78, 5) is 2.45. The highest BCUT2D eigenvalue weighted by Gasteiger charge is 2.21. The van der Waals surface area contributed by atoms with Crippen LogP contribution >= 0.6 is 11.3 Å². The van der Waals surface area contributed by atoms with Crippen molar-refractivity contribution in [3.63, 3.8) is 0 Å². The summed E-state index contributed by atoms with van der Waals surface area (Å²) in [6, 6.07) is 55.0. The molecule has 0 aliphatic heterocycles. The van der Waals surface area contributed by atoms with E-state index in [9.17, 15) is 0 Å². The second-order valence-corrected chi connectivity index (χ2v) is 11.2. The molecule has 1 aromatic heterocycles. The molecule has 0 fully saturated rings. The molecule has 1 nitrogen and oxygen atoms in total. The number of para-hydroxylation sites is 1. The second-order valence-electron chi connectivity index (χ2n) is 10.2. The molecule has 0 N–H and O–H groups in total. The molecule has 0 aliphatic rings. The maximum Gasteiger partial charge on any atom is 0.0540 e. The minimum atomic E-state index is 1.16. The molecule has 0 spiro atoms. The van der Waals surface area contributed by atoms with Crippen molar-refractivity contribution in [3.05, 3.63) is 152 Å². The molecule has 0 radical (unpaired) electrons. The summed E-state index contributed by atoms with van der Waals surface area (Å²) in [5.41, 5.74) is 5.94. The molecule has 0 saturated carbocycles. The predicted octanol–water partition coefficient (Wildman–Crippen LogP) is 11.5. The maximum atomic E-state index is 2.45. The van der Waals surface area contributed by atoms with Gasteiger partial charge in [0.05, 0.1) is 17.1 Å². The highest BCUT2D eigenvalue weighted by atomic mass is 32.1. The first-order valence-electron chi connectivity index (χ1n) is 13.6. The van der Waals surface area contributed by atoms with Crippen LogP contribution in [0.5, 0.6) is 0 Å². The number of fused-ring (bicyclic) bond motifs is 5. The molecule has 8 aromatic rings. The largest absolute Gasteiger partial charge is 0.309 e. The Morgan fingerprint density at radius 2 is 0.900 bits per heavy atom. The van der Waals surface area contributed by atoms with Gasteiger partial charge in [-0.2, -0.15) is 0 Å². The van der Waals surface area contributed by atoms with Crippen molar-refractivity contribution in [2.45, 2.75) is 0 Å². The molecule has 0 atom stereocenters. The average molecular weight is 528 g/mol. The van der Waals surface area contributed by atoms with E-state index in [1.54, 1.807) is 0 Å². The molecular formula is C38H25NS. The third-order valence-electron chi connectivity index (χ3n) is 7.85. The van der Waals surface area contributed by atoms with Gasteiger partial charge < -0.3 is 4.90 Å². The van der Waals surface area contributed by atoms with Gasteiger partial charge in [0.15, 0.2) is 0 Å². The summed E-state index contributed by atoms with van der Waals surface area (Å²) in [5.74, 6) is 0. The van der Waals surface area contributed by atoms with Crippen LogP contribution in [0.1, 0.15) is 0 Å². The fourth-order valence-electron chi connectivity index (χ4n) is 6.00. The molecular weight excluding hydrogens is 502 g/mol. The molecule has 0 saturated heterocycles. The van der Waals surface area contributed by atoms with Crippen molar-refractivity contribution in [3.8, 4) is 11.1 Å². The van der Waals surface area contributed by atoms with Crippen LogP contribution in [0.2, 0.25) is 0 Å². The van der Waals surface area contributed by atoms with E-state index >= 15 is 0 Å². The minimum Gasteiger partial charge on any atom is -0.309 e. The zero-order chi connectivity index (χ0) is 26.5. The van der Waals surface area contributed by atoms with Crippen molar-refractivity contribution in [1.29, 1.82) is 0 Å². The fourth-order valence-corrected chi connectivity index (χ4v) is 7.15. The molecule has 0 amide bonds. The van der Waals surface area contributed by atoms with Crippen molar-refractivity contribution < 1.29 is 0 Å². The van der Waals surface area contributed by atoms with Gasteiger partial charge in [0.2, 0.25) is 0 Å². The quantitative estimate of drug-likeness (QED) is 0.220. The number of hydrogen-bond acceptors (Lipinski definition) is 2. The zero-order valence-corrected chi connectivity index (χ0v) is 22.6. The monoisotopic (exact) mass is 527 g/mol. The van der Waals surface area contributed by atoms with Crippen molar-refractivity contribution >= 4 is 70.1 Å². The lowest BCUT2D eigenvalue weighted by Gasteiger charge is -2.30. The van der Waals surface area contributed by atoms with Crippen LogP contribution in [0, 0.1) is 0 Å². The van der Waals surface area contributed by atoms with E-state index in [2.05, 4.69) is 157 Å². The van der Waals surface area contributed by atoms with Crippen LogP contribution in [0.4, 0.5) is 17.1 Å². The van der Waals surface area contributed by atoms with Crippen LogP contribution < -0.4 is 4.90 Å². The van der Waals surface area contributed by atoms with Gasteiger partial charge >= 0.3 is 0 Å². The molecule has 188 valence electrons. The van der Waals surface area contributed by atoms with Gasteiger partial charge in [0, 0.05) is 36.5 Å². The molecule has 8 rings (SSSR count). The Labute approximate surface area is 237 Å². The minimum absolute atomic E-state index is 1.16. The second kappa shape index (κ2) is 9.37. The topological polar surface area (TPSA) is 3.24 Å². The third kappa shape index (κ3) is 3.69. The highest BCUT2D eigenvalue weighted by molar-refractivity contribution is 7.25. The van der Waals surface area contributed by atoms with E-state index in [1.807, 2.05) is 11.3 Å². The molecule has 40 heavy (non-hydrogen) atoms. The summed E-state index contributed by atoms with van der Waals surface area (Å²) in [5, 5.41) is 7.57. The van der Waals surface area contributed by atoms with E-state index in [0.29, 0.717) is 0 Å². The Bertz CT molecular complexity index is 2100. The maximum absolute atomic E-state index is 2.45. The molecule has 0 unspecified atom stereocenters. The average Bonchev–Trinajstić information content (AvgIpc) is 3.40. The van der Waals surface area contributed by atoms with Gasteiger partial charge in [0.25, 0.3) is 0 Å². The van der Waals surface area contributed by atoms with E-state index in [0.717, 1.165) is 5.69 Å². The normalized spacial score (nSPS) is 11.5. The SMILES string of the molecule is c1ccc(N(c2cccc3ccccc23)c2cccc3ccccc23)c(-c2ccc3c(c2)sc2ccccc23)c1. The van der Waals surface area contributed by atoms with Crippen LogP contribution in [-0.2, 0) is 0 Å². The standard InChI is InChI=1S/C38H25NS/c1-3-15-29-26(11-1)13-9-20-35(29)39(36-21-10-14-27-12-2-4-16-30(27)36)34-19-7-5-17-31(34)28-23-24-33-32-18-6-8-22-37(32)40-38(33)25-28/h1-25H. The van der Waals surface area contributed by atoms with Crippen LogP contribution in [0.15, 0.2) is 152 Å². The predicted molar refractivity (Wildman–Crippen MR) is 174 cm³/mol. The zero-order valence-electron chi connectivity index (χ0n) is 21.8. The number of benzene rings is 7. The summed E-state index contributed by atoms with van der Waals surface area (Å²) in [6.07, 6.45) is 0. The lowest BCUT2D eigenvalue weighted by atomic mass is 9.98. The fraction of sp³-hybridized carbons (Fsp3) is 0. The van der Waals surface area contributed by atoms with Gasteiger partial charge in [0.1, 0.15) is 0 Å². The molecule has 7 aromatic carbocycles. The molecule has 1 heterocycles. The summed E-state index contributed by atoms with van der Waals surface area (Å²) < 4.78 is 2.64. The number of thiophene rings is 1. The first kappa shape index (κ1) is 23.0. The molecule has 2 heteroatoms. The van der Waals surface area contributed by atoms with Crippen molar-refractivity contribution in [2.24, 2.45) is 0 Å². The van der Waals surface area contributed by atoms with Gasteiger partial charge in [-0.15, -0.1) is 11.3 Å². The Morgan fingerprint density at radius 3 is 1.62 bits per heavy atom. The number of anilines is 3. The Balaban J connectivity index is 1.42. The number of nitrogens with zero attached hydrogens (tertiary/aromatic N) is 1. The van der Waals surface area contributed by atoms with E-state index < -0.39 is 0 Å². The van der Waals surface area contributed by atoms with Crippen molar-refractivity contribution in [1.82, 2.24) is 0 Å². The van der Waals surface area contributed by atoms with Gasteiger partial charge in [-0.1, -0.05) is 121 Å². The lowest BCUT2D eigenvalue weighted by molar-refractivity contribution is 1.31. The molecule has 0 aliphatic carbocycles. The number of hydrogen-bond donors (Lipinski definition) is 0. The van der Waals surface area contributed by atoms with E-state index in [1.165, 1.54) is 64.2 Å². The van der Waals surface area contributed by atoms with E-state index in [-0.39, 0.29) is 0 Å². The highest BCUT2D eigenvalue weighted by Crippen LogP contribution is 2.46. The van der Waals surface area contributed by atoms with Gasteiger partial charge in [-0.25, -0.2) is 0 Å². The smallest absolute Gasteiger partial charge is 0.0540 e. The summed E-state index contributed by atoms with van der Waals surface area (Å²) in [6.45, 7) is 0. The summed E-state index contributed by atoms with van der Waals surface area (Å²) in [7, 11) is 0. The Kier molecular flexibility index (Phi) is 5.39.